The highest BCUT2D eigenvalue weighted by Gasteiger charge is 2.07. The number of rotatable bonds is 6. The largest absolute Gasteiger partial charge is 0.484 e. The zero-order valence-electron chi connectivity index (χ0n) is 15.9. The van der Waals surface area contributed by atoms with Gasteiger partial charge in [-0.2, -0.15) is 0 Å². The lowest BCUT2D eigenvalue weighted by Gasteiger charge is -2.09. The van der Waals surface area contributed by atoms with Crippen LogP contribution < -0.4 is 15.4 Å². The quantitative estimate of drug-likeness (QED) is 0.664. The summed E-state index contributed by atoms with van der Waals surface area (Å²) in [6, 6.07) is 21.9. The number of ether oxygens (including phenoxy) is 1. The Morgan fingerprint density at radius 2 is 1.39 bits per heavy atom. The van der Waals surface area contributed by atoms with Crippen molar-refractivity contribution in [3.63, 3.8) is 0 Å². The van der Waals surface area contributed by atoms with Crippen LogP contribution in [-0.4, -0.2) is 18.4 Å². The van der Waals surface area contributed by atoms with Crippen molar-refractivity contribution in [1.29, 1.82) is 0 Å². The fourth-order valence-corrected chi connectivity index (χ4v) is 2.68. The molecule has 142 valence electrons. The van der Waals surface area contributed by atoms with E-state index in [4.69, 9.17) is 4.74 Å². The Bertz CT molecular complexity index is 981. The Hall–Kier alpha value is -3.60. The third kappa shape index (κ3) is 5.45. The Morgan fingerprint density at radius 3 is 2.04 bits per heavy atom. The first-order valence-corrected chi connectivity index (χ1v) is 8.97. The number of aryl methyl sites for hydroxylation is 2. The third-order valence-corrected chi connectivity index (χ3v) is 4.07. The van der Waals surface area contributed by atoms with Crippen molar-refractivity contribution in [2.45, 2.75) is 13.8 Å². The van der Waals surface area contributed by atoms with E-state index in [1.165, 1.54) is 0 Å². The highest BCUT2D eigenvalue weighted by molar-refractivity contribution is 6.04. The summed E-state index contributed by atoms with van der Waals surface area (Å²) in [5, 5.41) is 5.61. The number of amides is 2. The first kappa shape index (κ1) is 19.2. The van der Waals surface area contributed by atoms with E-state index in [1.807, 2.05) is 56.3 Å². The maximum Gasteiger partial charge on any atom is 0.262 e. The predicted octanol–water partition coefficient (Wildman–Crippen LogP) is 4.57. The lowest BCUT2D eigenvalue weighted by molar-refractivity contribution is -0.118. The Kier molecular flexibility index (Phi) is 6.07. The van der Waals surface area contributed by atoms with Gasteiger partial charge in [-0.25, -0.2) is 0 Å². The fraction of sp³-hybridized carbons (Fsp3) is 0.130. The first-order chi connectivity index (χ1) is 13.5. The summed E-state index contributed by atoms with van der Waals surface area (Å²) in [6.45, 7) is 3.83. The minimum absolute atomic E-state index is 0.0741. The van der Waals surface area contributed by atoms with Crippen LogP contribution in [0, 0.1) is 13.8 Å². The van der Waals surface area contributed by atoms with E-state index in [2.05, 4.69) is 10.6 Å². The van der Waals surface area contributed by atoms with Crippen molar-refractivity contribution < 1.29 is 14.3 Å². The number of carbonyl (C=O) groups is 2. The second kappa shape index (κ2) is 8.86. The molecule has 0 aliphatic heterocycles. The van der Waals surface area contributed by atoms with Crippen molar-refractivity contribution in [2.24, 2.45) is 0 Å². The number of carbonyl (C=O) groups excluding carboxylic acids is 2. The van der Waals surface area contributed by atoms with Crippen molar-refractivity contribution in [1.82, 2.24) is 0 Å². The third-order valence-electron chi connectivity index (χ3n) is 4.07. The van der Waals surface area contributed by atoms with Crippen LogP contribution in [0.25, 0.3) is 0 Å². The molecule has 2 N–H and O–H groups in total. The van der Waals surface area contributed by atoms with Crippen LogP contribution in [-0.2, 0) is 4.79 Å². The van der Waals surface area contributed by atoms with Gasteiger partial charge in [-0.1, -0.05) is 29.8 Å². The second-order valence-electron chi connectivity index (χ2n) is 6.55. The summed E-state index contributed by atoms with van der Waals surface area (Å²) >= 11 is 0. The molecule has 0 unspecified atom stereocenters. The molecule has 3 aromatic carbocycles. The number of benzene rings is 3. The zero-order chi connectivity index (χ0) is 19.9. The molecule has 0 saturated heterocycles. The molecular formula is C23H22N2O3. The lowest BCUT2D eigenvalue weighted by atomic mass is 10.1. The van der Waals surface area contributed by atoms with Gasteiger partial charge in [0, 0.05) is 16.9 Å². The van der Waals surface area contributed by atoms with Gasteiger partial charge in [0.1, 0.15) is 5.75 Å². The molecule has 0 spiro atoms. The highest BCUT2D eigenvalue weighted by atomic mass is 16.5. The van der Waals surface area contributed by atoms with Crippen LogP contribution >= 0.6 is 0 Å². The van der Waals surface area contributed by atoms with E-state index < -0.39 is 0 Å². The van der Waals surface area contributed by atoms with Gasteiger partial charge in [-0.3, -0.25) is 9.59 Å². The molecule has 5 nitrogen and oxygen atoms in total. The summed E-state index contributed by atoms with van der Waals surface area (Å²) in [6.07, 6.45) is 0. The van der Waals surface area contributed by atoms with Gasteiger partial charge in [0.05, 0.1) is 0 Å². The molecule has 0 aromatic heterocycles. The number of hydrogen-bond acceptors (Lipinski definition) is 3. The number of nitrogens with one attached hydrogen (secondary N) is 2. The molecule has 0 heterocycles. The van der Waals surface area contributed by atoms with Crippen LogP contribution in [0.3, 0.4) is 0 Å². The summed E-state index contributed by atoms with van der Waals surface area (Å²) in [5.41, 5.74) is 3.98. The number of anilines is 2. The molecule has 3 rings (SSSR count). The SMILES string of the molecule is Cc1cccc(OCC(=O)Nc2ccc(NC(=O)c3cccc(C)c3)cc2)c1. The fourth-order valence-electron chi connectivity index (χ4n) is 2.68. The monoisotopic (exact) mass is 374 g/mol. The van der Waals surface area contributed by atoms with Crippen LogP contribution in [0.4, 0.5) is 11.4 Å². The number of hydrogen-bond donors (Lipinski definition) is 2. The molecule has 0 saturated carbocycles. The first-order valence-electron chi connectivity index (χ1n) is 8.97. The van der Waals surface area contributed by atoms with Crippen LogP contribution in [0.2, 0.25) is 0 Å². The Morgan fingerprint density at radius 1 is 0.786 bits per heavy atom. The van der Waals surface area contributed by atoms with Crippen molar-refractivity contribution >= 4 is 23.2 Å². The van der Waals surface area contributed by atoms with E-state index in [1.54, 1.807) is 30.3 Å². The molecular weight excluding hydrogens is 352 g/mol. The Balaban J connectivity index is 1.52. The molecule has 5 heteroatoms. The summed E-state index contributed by atoms with van der Waals surface area (Å²) in [5.74, 6) is 0.231. The molecule has 2 amide bonds. The van der Waals surface area contributed by atoms with Crippen LogP contribution in [0.5, 0.6) is 5.75 Å². The normalized spacial score (nSPS) is 10.2. The molecule has 0 aliphatic carbocycles. The van der Waals surface area contributed by atoms with E-state index in [0.29, 0.717) is 22.7 Å². The summed E-state index contributed by atoms with van der Waals surface area (Å²) in [4.78, 5) is 24.3. The van der Waals surface area contributed by atoms with Crippen molar-refractivity contribution in [3.8, 4) is 5.75 Å². The van der Waals surface area contributed by atoms with Crippen LogP contribution in [0.15, 0.2) is 72.8 Å². The topological polar surface area (TPSA) is 67.4 Å². The van der Waals surface area contributed by atoms with Crippen molar-refractivity contribution in [2.75, 3.05) is 17.2 Å². The van der Waals surface area contributed by atoms with E-state index >= 15 is 0 Å². The average Bonchev–Trinajstić information content (AvgIpc) is 2.68. The van der Waals surface area contributed by atoms with E-state index in [0.717, 1.165) is 11.1 Å². The molecule has 0 atom stereocenters. The average molecular weight is 374 g/mol. The van der Waals surface area contributed by atoms with Gasteiger partial charge in [0.15, 0.2) is 6.61 Å². The van der Waals surface area contributed by atoms with Gasteiger partial charge in [-0.05, 0) is 67.9 Å². The van der Waals surface area contributed by atoms with Gasteiger partial charge in [0.25, 0.3) is 11.8 Å². The maximum absolute atomic E-state index is 12.3. The maximum atomic E-state index is 12.3. The second-order valence-corrected chi connectivity index (χ2v) is 6.55. The highest BCUT2D eigenvalue weighted by Crippen LogP contribution is 2.16. The molecule has 3 aromatic rings. The van der Waals surface area contributed by atoms with Gasteiger partial charge in [0.2, 0.25) is 0 Å². The molecule has 0 bridgehead atoms. The van der Waals surface area contributed by atoms with Gasteiger partial charge < -0.3 is 15.4 Å². The Labute approximate surface area is 164 Å². The molecule has 28 heavy (non-hydrogen) atoms. The summed E-state index contributed by atoms with van der Waals surface area (Å²) in [7, 11) is 0. The van der Waals surface area contributed by atoms with E-state index in [9.17, 15) is 9.59 Å². The van der Waals surface area contributed by atoms with Crippen molar-refractivity contribution in [3.05, 3.63) is 89.5 Å². The van der Waals surface area contributed by atoms with E-state index in [-0.39, 0.29) is 18.4 Å². The van der Waals surface area contributed by atoms with Crippen LogP contribution in [0.1, 0.15) is 21.5 Å². The smallest absolute Gasteiger partial charge is 0.262 e. The summed E-state index contributed by atoms with van der Waals surface area (Å²) < 4.78 is 5.49. The zero-order valence-corrected chi connectivity index (χ0v) is 15.9. The predicted molar refractivity (Wildman–Crippen MR) is 111 cm³/mol. The van der Waals surface area contributed by atoms with Gasteiger partial charge >= 0.3 is 0 Å². The molecule has 0 radical (unpaired) electrons. The van der Waals surface area contributed by atoms with Gasteiger partial charge in [-0.15, -0.1) is 0 Å². The minimum Gasteiger partial charge on any atom is -0.484 e. The lowest BCUT2D eigenvalue weighted by Crippen LogP contribution is -2.20. The molecule has 0 fully saturated rings. The minimum atomic E-state index is -0.252. The standard InChI is InChI=1S/C23H22N2O3/c1-16-5-3-7-18(13-16)23(27)25-20-11-9-19(10-12-20)24-22(26)15-28-21-8-4-6-17(2)14-21/h3-14H,15H2,1-2H3,(H,24,26)(H,25,27). The molecule has 0 aliphatic rings.